The van der Waals surface area contributed by atoms with Crippen LogP contribution in [0.4, 0.5) is 5.88 Å². The third kappa shape index (κ3) is 3.33. The molecule has 1 N–H and O–H groups in total. The lowest BCUT2D eigenvalue weighted by Gasteiger charge is -2.07. The molecule has 6 heteroatoms. The Morgan fingerprint density at radius 1 is 1.04 bits per heavy atom. The van der Waals surface area contributed by atoms with Crippen molar-refractivity contribution in [3.8, 4) is 11.1 Å². The van der Waals surface area contributed by atoms with Crippen LogP contribution in [0.2, 0.25) is 0 Å². The Labute approximate surface area is 141 Å². The van der Waals surface area contributed by atoms with Gasteiger partial charge in [-0.15, -0.1) is 0 Å². The van der Waals surface area contributed by atoms with Crippen LogP contribution in [-0.2, 0) is 16.4 Å². The fourth-order valence-electron chi connectivity index (χ4n) is 2.34. The molecule has 0 unspecified atom stereocenters. The summed E-state index contributed by atoms with van der Waals surface area (Å²) in [7, 11) is -3.73. The number of sulfonamides is 1. The molecule has 3 aromatic rings. The molecule has 0 fully saturated rings. The number of hydrogen-bond acceptors (Lipinski definition) is 4. The van der Waals surface area contributed by atoms with Crippen LogP contribution >= 0.6 is 0 Å². The number of rotatable bonds is 5. The summed E-state index contributed by atoms with van der Waals surface area (Å²) >= 11 is 0. The van der Waals surface area contributed by atoms with Crippen molar-refractivity contribution >= 4 is 15.9 Å². The van der Waals surface area contributed by atoms with Crippen molar-refractivity contribution in [3.63, 3.8) is 0 Å². The molecule has 0 aliphatic carbocycles. The van der Waals surface area contributed by atoms with E-state index in [1.807, 2.05) is 38.1 Å². The van der Waals surface area contributed by atoms with Crippen molar-refractivity contribution in [1.82, 2.24) is 5.16 Å². The second-order valence-corrected chi connectivity index (χ2v) is 7.22. The number of nitrogens with zero attached hydrogens (tertiary/aromatic N) is 1. The van der Waals surface area contributed by atoms with Gasteiger partial charge in [0.2, 0.25) is 5.88 Å². The first-order chi connectivity index (χ1) is 11.5. The summed E-state index contributed by atoms with van der Waals surface area (Å²) in [6.45, 7) is 4.01. The lowest BCUT2D eigenvalue weighted by atomic mass is 10.1. The van der Waals surface area contributed by atoms with Gasteiger partial charge in [0.15, 0.2) is 0 Å². The Morgan fingerprint density at radius 3 is 2.33 bits per heavy atom. The third-order valence-corrected chi connectivity index (χ3v) is 5.15. The largest absolute Gasteiger partial charge is 0.337 e. The Morgan fingerprint density at radius 2 is 1.71 bits per heavy atom. The predicted molar refractivity (Wildman–Crippen MR) is 93.3 cm³/mol. The predicted octanol–water partition coefficient (Wildman–Crippen LogP) is 4.01. The maximum atomic E-state index is 12.5. The lowest BCUT2D eigenvalue weighted by Crippen LogP contribution is -2.13. The normalized spacial score (nSPS) is 11.4. The Kier molecular flexibility index (Phi) is 4.40. The highest BCUT2D eigenvalue weighted by atomic mass is 32.2. The average molecular weight is 342 g/mol. The van der Waals surface area contributed by atoms with Gasteiger partial charge in [-0.2, -0.15) is 0 Å². The molecule has 124 valence electrons. The molecule has 0 bridgehead atoms. The molecule has 0 saturated carbocycles. The molecule has 0 radical (unpaired) electrons. The first-order valence-electron chi connectivity index (χ1n) is 7.63. The van der Waals surface area contributed by atoms with Gasteiger partial charge in [-0.25, -0.2) is 13.1 Å². The van der Waals surface area contributed by atoms with Gasteiger partial charge < -0.3 is 4.52 Å². The molecule has 0 saturated heterocycles. The van der Waals surface area contributed by atoms with Gasteiger partial charge in [0.1, 0.15) is 0 Å². The number of benzene rings is 2. The average Bonchev–Trinajstić information content (AvgIpc) is 3.03. The molecule has 0 aliphatic heterocycles. The van der Waals surface area contributed by atoms with Crippen molar-refractivity contribution < 1.29 is 12.9 Å². The molecule has 5 nitrogen and oxygen atoms in total. The van der Waals surface area contributed by atoms with Crippen molar-refractivity contribution in [2.45, 2.75) is 25.2 Å². The van der Waals surface area contributed by atoms with E-state index in [-0.39, 0.29) is 10.8 Å². The highest BCUT2D eigenvalue weighted by Gasteiger charge is 2.19. The minimum absolute atomic E-state index is 0.110. The monoisotopic (exact) mass is 342 g/mol. The van der Waals surface area contributed by atoms with E-state index in [2.05, 4.69) is 9.88 Å². The number of aromatic nitrogens is 1. The van der Waals surface area contributed by atoms with Crippen molar-refractivity contribution in [2.75, 3.05) is 4.72 Å². The van der Waals surface area contributed by atoms with Crippen LogP contribution < -0.4 is 4.72 Å². The van der Waals surface area contributed by atoms with E-state index in [0.29, 0.717) is 5.56 Å². The van der Waals surface area contributed by atoms with Gasteiger partial charge in [0.05, 0.1) is 16.7 Å². The zero-order valence-corrected chi connectivity index (χ0v) is 14.3. The van der Waals surface area contributed by atoms with E-state index in [0.717, 1.165) is 23.1 Å². The van der Waals surface area contributed by atoms with Crippen LogP contribution in [0.15, 0.2) is 64.1 Å². The zero-order valence-electron chi connectivity index (χ0n) is 13.5. The third-order valence-electron chi connectivity index (χ3n) is 3.80. The molecule has 1 heterocycles. The van der Waals surface area contributed by atoms with Crippen LogP contribution in [0.3, 0.4) is 0 Å². The quantitative estimate of drug-likeness (QED) is 0.760. The van der Waals surface area contributed by atoms with Gasteiger partial charge in [0.25, 0.3) is 10.0 Å². The van der Waals surface area contributed by atoms with Crippen molar-refractivity contribution in [3.05, 3.63) is 65.9 Å². The first-order valence-corrected chi connectivity index (χ1v) is 9.11. The van der Waals surface area contributed by atoms with E-state index in [1.165, 1.54) is 6.20 Å². The number of hydrogen-bond donors (Lipinski definition) is 1. The second kappa shape index (κ2) is 6.49. The molecule has 2 aromatic carbocycles. The molecular weight excluding hydrogens is 324 g/mol. The Hall–Kier alpha value is -2.60. The summed E-state index contributed by atoms with van der Waals surface area (Å²) in [5, 5.41) is 3.72. The fourth-order valence-corrected chi connectivity index (χ4v) is 3.34. The summed E-state index contributed by atoms with van der Waals surface area (Å²) in [6, 6.07) is 14.5. The highest BCUT2D eigenvalue weighted by Crippen LogP contribution is 2.29. The SMILES string of the molecule is CCc1ccc(S(=O)(=O)Nc2oncc2-c2ccc(C)cc2)cc1. The van der Waals surface area contributed by atoms with E-state index in [4.69, 9.17) is 4.52 Å². The topological polar surface area (TPSA) is 72.2 Å². The number of aryl methyl sites for hydroxylation is 2. The Bertz CT molecular complexity index is 927. The lowest BCUT2D eigenvalue weighted by molar-refractivity contribution is 0.435. The molecule has 0 spiro atoms. The molecule has 0 atom stereocenters. The minimum atomic E-state index is -3.73. The molecule has 0 amide bonds. The molecule has 24 heavy (non-hydrogen) atoms. The number of anilines is 1. The smallest absolute Gasteiger partial charge is 0.264 e. The summed E-state index contributed by atoms with van der Waals surface area (Å²) in [5.41, 5.74) is 3.63. The van der Waals surface area contributed by atoms with Crippen LogP contribution in [0.5, 0.6) is 0 Å². The highest BCUT2D eigenvalue weighted by molar-refractivity contribution is 7.92. The van der Waals surface area contributed by atoms with E-state index < -0.39 is 10.0 Å². The van der Waals surface area contributed by atoms with Gasteiger partial charge in [0, 0.05) is 0 Å². The maximum absolute atomic E-state index is 12.5. The minimum Gasteiger partial charge on any atom is -0.337 e. The zero-order chi connectivity index (χ0) is 17.2. The molecular formula is C18H18N2O3S. The fraction of sp³-hybridized carbons (Fsp3) is 0.167. The first kappa shape index (κ1) is 16.3. The van der Waals surface area contributed by atoms with Gasteiger partial charge in [-0.05, 0) is 36.6 Å². The van der Waals surface area contributed by atoms with Crippen LogP contribution in [0, 0.1) is 6.92 Å². The van der Waals surface area contributed by atoms with Crippen LogP contribution in [-0.4, -0.2) is 13.6 Å². The summed E-state index contributed by atoms with van der Waals surface area (Å²) in [4.78, 5) is 0.186. The van der Waals surface area contributed by atoms with E-state index in [1.54, 1.807) is 24.3 Å². The molecule has 0 aliphatic rings. The van der Waals surface area contributed by atoms with Gasteiger partial charge >= 0.3 is 0 Å². The van der Waals surface area contributed by atoms with Crippen LogP contribution in [0.1, 0.15) is 18.1 Å². The molecule has 3 rings (SSSR count). The van der Waals surface area contributed by atoms with Crippen LogP contribution in [0.25, 0.3) is 11.1 Å². The maximum Gasteiger partial charge on any atom is 0.264 e. The number of nitrogens with one attached hydrogen (secondary N) is 1. The van der Waals surface area contributed by atoms with Crippen molar-refractivity contribution in [1.29, 1.82) is 0 Å². The Balaban J connectivity index is 1.90. The summed E-state index contributed by atoms with van der Waals surface area (Å²) in [6.07, 6.45) is 2.36. The van der Waals surface area contributed by atoms with E-state index >= 15 is 0 Å². The van der Waals surface area contributed by atoms with E-state index in [9.17, 15) is 8.42 Å². The second-order valence-electron chi connectivity index (χ2n) is 5.54. The summed E-state index contributed by atoms with van der Waals surface area (Å²) < 4.78 is 32.7. The van der Waals surface area contributed by atoms with Gasteiger partial charge in [-0.1, -0.05) is 54.0 Å². The van der Waals surface area contributed by atoms with Crippen molar-refractivity contribution in [2.24, 2.45) is 0 Å². The standard InChI is InChI=1S/C18H18N2O3S/c1-3-14-6-10-16(11-7-14)24(21,22)20-18-17(12-19-23-18)15-8-4-13(2)5-9-15/h4-12,20H,3H2,1-2H3. The molecule has 1 aromatic heterocycles. The summed E-state index contributed by atoms with van der Waals surface area (Å²) in [5.74, 6) is 0.110. The van der Waals surface area contributed by atoms with Gasteiger partial charge in [-0.3, -0.25) is 0 Å².